The molecule has 1 aliphatic heterocycles. The summed E-state index contributed by atoms with van der Waals surface area (Å²) < 4.78 is 14.4. The number of carboxylic acid groups (broad SMARTS) is 1. The molecule has 2 atom stereocenters. The molecule has 150 valence electrons. The number of carboxylic acids is 1. The zero-order valence-electron chi connectivity index (χ0n) is 15.9. The third kappa shape index (κ3) is 3.85. The number of fused-ring (bicyclic) bond motifs is 1. The highest BCUT2D eigenvalue weighted by Crippen LogP contribution is 2.27. The van der Waals surface area contributed by atoms with E-state index >= 15 is 0 Å². The molecule has 3 N–H and O–H groups in total. The monoisotopic (exact) mass is 389 g/mol. The molecule has 3 rings (SSSR count). The van der Waals surface area contributed by atoms with Crippen molar-refractivity contribution < 1.29 is 23.9 Å². The molecule has 1 aromatic heterocycles. The summed E-state index contributed by atoms with van der Waals surface area (Å²) in [5.41, 5.74) is -0.682. The number of hydrogen-bond donors (Lipinski definition) is 3. The number of para-hydroxylation sites is 1. The van der Waals surface area contributed by atoms with Crippen molar-refractivity contribution in [2.75, 3.05) is 13.1 Å². The van der Waals surface area contributed by atoms with Crippen LogP contribution in [-0.2, 0) is 20.8 Å². The number of nitrogens with one attached hydrogen (secondary N) is 2. The minimum absolute atomic E-state index is 0.00354. The van der Waals surface area contributed by atoms with Crippen molar-refractivity contribution in [3.8, 4) is 0 Å². The minimum atomic E-state index is -2.44. The molecular formula is C20H24FN3O4. The van der Waals surface area contributed by atoms with Crippen LogP contribution in [0, 0.1) is 5.92 Å². The normalized spacial score (nSPS) is 20.5. The number of likely N-dealkylation sites (tertiary alicyclic amines) is 1. The molecule has 2 amide bonds. The quantitative estimate of drug-likeness (QED) is 0.702. The lowest BCUT2D eigenvalue weighted by Crippen LogP contribution is -2.51. The van der Waals surface area contributed by atoms with Gasteiger partial charge in [0.1, 0.15) is 6.04 Å². The van der Waals surface area contributed by atoms with E-state index < -0.39 is 30.1 Å². The van der Waals surface area contributed by atoms with Crippen LogP contribution in [0.4, 0.5) is 4.39 Å². The maximum absolute atomic E-state index is 14.4. The summed E-state index contributed by atoms with van der Waals surface area (Å²) >= 11 is 0. The first-order valence-electron chi connectivity index (χ1n) is 9.28. The molecule has 1 aromatic carbocycles. The van der Waals surface area contributed by atoms with Gasteiger partial charge in [-0.3, -0.25) is 9.59 Å². The number of alkyl halides is 1. The van der Waals surface area contributed by atoms with Gasteiger partial charge in [-0.1, -0.05) is 32.0 Å². The van der Waals surface area contributed by atoms with Crippen LogP contribution in [0.2, 0.25) is 0 Å². The topological polar surface area (TPSA) is 103 Å². The molecule has 1 saturated heterocycles. The molecular weight excluding hydrogens is 365 g/mol. The third-order valence-electron chi connectivity index (χ3n) is 5.15. The maximum Gasteiger partial charge on any atom is 0.343 e. The molecule has 28 heavy (non-hydrogen) atoms. The lowest BCUT2D eigenvalue weighted by Gasteiger charge is -2.25. The molecule has 7 nitrogen and oxygen atoms in total. The Balaban J connectivity index is 1.84. The van der Waals surface area contributed by atoms with Crippen LogP contribution in [0.25, 0.3) is 10.9 Å². The highest BCUT2D eigenvalue weighted by molar-refractivity contribution is 5.91. The van der Waals surface area contributed by atoms with Gasteiger partial charge in [-0.25, -0.2) is 9.18 Å². The van der Waals surface area contributed by atoms with Gasteiger partial charge in [0.2, 0.25) is 17.5 Å². The molecule has 2 aromatic rings. The van der Waals surface area contributed by atoms with Crippen LogP contribution >= 0.6 is 0 Å². The van der Waals surface area contributed by atoms with Gasteiger partial charge in [0.25, 0.3) is 0 Å². The van der Waals surface area contributed by atoms with Crippen molar-refractivity contribution in [2.24, 2.45) is 5.92 Å². The number of hydrogen-bond acceptors (Lipinski definition) is 3. The Kier molecular flexibility index (Phi) is 5.40. The van der Waals surface area contributed by atoms with Crippen molar-refractivity contribution in [3.63, 3.8) is 0 Å². The molecule has 1 aliphatic rings. The molecule has 0 radical (unpaired) electrons. The lowest BCUT2D eigenvalue weighted by molar-refractivity contribution is -0.150. The van der Waals surface area contributed by atoms with Gasteiger partial charge in [0.15, 0.2) is 0 Å². The maximum atomic E-state index is 14.4. The second kappa shape index (κ2) is 7.61. The number of aromatic nitrogens is 1. The van der Waals surface area contributed by atoms with E-state index in [4.69, 9.17) is 5.11 Å². The van der Waals surface area contributed by atoms with Crippen molar-refractivity contribution >= 4 is 28.7 Å². The van der Waals surface area contributed by atoms with Crippen molar-refractivity contribution in [1.29, 1.82) is 0 Å². The Morgan fingerprint density at radius 3 is 2.68 bits per heavy atom. The largest absolute Gasteiger partial charge is 0.479 e. The smallest absolute Gasteiger partial charge is 0.343 e. The number of carbonyl (C=O) groups is 3. The number of nitrogens with zero attached hydrogens (tertiary/aromatic N) is 1. The molecule has 8 heteroatoms. The Hall–Kier alpha value is -2.90. The number of carbonyl (C=O) groups excluding carboxylic acids is 2. The van der Waals surface area contributed by atoms with Gasteiger partial charge < -0.3 is 20.3 Å². The Labute approximate surface area is 161 Å². The van der Waals surface area contributed by atoms with Gasteiger partial charge in [-0.05, 0) is 11.6 Å². The second-order valence-electron chi connectivity index (χ2n) is 7.56. The first-order chi connectivity index (χ1) is 13.2. The number of halogens is 1. The van der Waals surface area contributed by atoms with E-state index in [0.29, 0.717) is 0 Å². The van der Waals surface area contributed by atoms with Crippen molar-refractivity contribution in [3.05, 3.63) is 36.0 Å². The van der Waals surface area contributed by atoms with Crippen LogP contribution in [0.5, 0.6) is 0 Å². The Bertz CT molecular complexity index is 910. The third-order valence-corrected chi connectivity index (χ3v) is 5.15. The predicted molar refractivity (Wildman–Crippen MR) is 101 cm³/mol. The zero-order valence-corrected chi connectivity index (χ0v) is 15.9. The number of amides is 2. The number of aliphatic carboxylic acids is 1. The summed E-state index contributed by atoms with van der Waals surface area (Å²) in [6.45, 7) is 2.93. The molecule has 2 unspecified atom stereocenters. The summed E-state index contributed by atoms with van der Waals surface area (Å²) in [5, 5.41) is 12.7. The lowest BCUT2D eigenvalue weighted by atomic mass is 10.0. The highest BCUT2D eigenvalue weighted by Gasteiger charge is 2.47. The molecule has 0 aliphatic carbocycles. The number of H-pyrrole nitrogens is 1. The van der Waals surface area contributed by atoms with Crippen molar-refractivity contribution in [2.45, 2.75) is 38.4 Å². The van der Waals surface area contributed by atoms with Gasteiger partial charge in [0.05, 0.1) is 6.54 Å². The summed E-state index contributed by atoms with van der Waals surface area (Å²) in [5.74, 6) is -2.65. The second-order valence-corrected chi connectivity index (χ2v) is 7.56. The average Bonchev–Trinajstić information content (AvgIpc) is 3.25. The van der Waals surface area contributed by atoms with Crippen LogP contribution in [-0.4, -0.2) is 57.6 Å². The van der Waals surface area contributed by atoms with E-state index in [9.17, 15) is 18.8 Å². The zero-order chi connectivity index (χ0) is 20.5. The predicted octanol–water partition coefficient (Wildman–Crippen LogP) is 1.88. The molecule has 1 fully saturated rings. The Morgan fingerprint density at radius 2 is 2.04 bits per heavy atom. The standard InChI is InChI=1S/C20H24FN3O4/c1-12(2)17(25)23-16(9-13-10-22-15-6-4-3-5-14(13)15)18(26)24-8-7-20(21,11-24)19(27)28/h3-6,10,12,16,22H,7-9,11H2,1-2H3,(H,23,25)(H,27,28). The van der Waals surface area contributed by atoms with Crippen LogP contribution in [0.1, 0.15) is 25.8 Å². The highest BCUT2D eigenvalue weighted by atomic mass is 19.1. The molecule has 2 heterocycles. The summed E-state index contributed by atoms with van der Waals surface area (Å²) in [6.07, 6.45) is 1.75. The first-order valence-corrected chi connectivity index (χ1v) is 9.28. The summed E-state index contributed by atoms with van der Waals surface area (Å²) in [4.78, 5) is 40.7. The summed E-state index contributed by atoms with van der Waals surface area (Å²) in [7, 11) is 0. The van der Waals surface area contributed by atoms with Gasteiger partial charge in [-0.15, -0.1) is 0 Å². The fraction of sp³-hybridized carbons (Fsp3) is 0.450. The fourth-order valence-electron chi connectivity index (χ4n) is 3.41. The van der Waals surface area contributed by atoms with Gasteiger partial charge in [-0.2, -0.15) is 0 Å². The minimum Gasteiger partial charge on any atom is -0.479 e. The fourth-order valence-corrected chi connectivity index (χ4v) is 3.41. The first kappa shape index (κ1) is 19.9. The SMILES string of the molecule is CC(C)C(=O)NC(Cc1c[nH]c2ccccc12)C(=O)N1CCC(F)(C(=O)O)C1. The average molecular weight is 389 g/mol. The molecule has 0 bridgehead atoms. The van der Waals surface area contributed by atoms with Crippen molar-refractivity contribution in [1.82, 2.24) is 15.2 Å². The van der Waals surface area contributed by atoms with Crippen LogP contribution in [0.3, 0.4) is 0 Å². The van der Waals surface area contributed by atoms with E-state index in [1.165, 1.54) is 4.90 Å². The van der Waals surface area contributed by atoms with E-state index in [0.717, 1.165) is 16.5 Å². The van der Waals surface area contributed by atoms with Gasteiger partial charge >= 0.3 is 5.97 Å². The van der Waals surface area contributed by atoms with E-state index in [1.54, 1.807) is 20.0 Å². The Morgan fingerprint density at radius 1 is 1.32 bits per heavy atom. The van der Waals surface area contributed by atoms with Crippen LogP contribution in [0.15, 0.2) is 30.5 Å². The van der Waals surface area contributed by atoms with E-state index in [2.05, 4.69) is 10.3 Å². The summed E-state index contributed by atoms with van der Waals surface area (Å²) in [6, 6.07) is 6.70. The molecule has 0 saturated carbocycles. The number of benzene rings is 1. The molecule has 0 spiro atoms. The number of rotatable bonds is 6. The van der Waals surface area contributed by atoms with Crippen LogP contribution < -0.4 is 5.32 Å². The van der Waals surface area contributed by atoms with E-state index in [1.807, 2.05) is 24.3 Å². The van der Waals surface area contributed by atoms with Gasteiger partial charge in [0, 0.05) is 42.4 Å². The number of aromatic amines is 1. The van der Waals surface area contributed by atoms with E-state index in [-0.39, 0.29) is 31.2 Å².